The number of nitrogens with one attached hydrogen (secondary N) is 1. The van der Waals surface area contributed by atoms with E-state index in [1.807, 2.05) is 0 Å². The molecule has 27 heavy (non-hydrogen) atoms. The van der Waals surface area contributed by atoms with E-state index in [1.54, 1.807) is 0 Å². The number of benzene rings is 1. The fourth-order valence-corrected chi connectivity index (χ4v) is 4.71. The smallest absolute Gasteiger partial charge is 0.335 e. The van der Waals surface area contributed by atoms with Crippen molar-refractivity contribution >= 4 is 56.2 Å². The Balaban J connectivity index is 1.94. The maximum atomic E-state index is 12.5. The number of halogens is 2. The summed E-state index contributed by atoms with van der Waals surface area (Å²) in [5.41, 5.74) is 0.00423. The number of sulfonamides is 1. The van der Waals surface area contributed by atoms with Gasteiger partial charge in [-0.15, -0.1) is 11.3 Å². The molecule has 140 valence electrons. The number of aromatic nitrogens is 1. The maximum Gasteiger partial charge on any atom is 0.335 e. The Morgan fingerprint density at radius 2 is 1.96 bits per heavy atom. The molecule has 3 rings (SSSR count). The summed E-state index contributed by atoms with van der Waals surface area (Å²) >= 11 is 12.6. The molecule has 0 unspecified atom stereocenters. The van der Waals surface area contributed by atoms with Crippen LogP contribution in [0.15, 0.2) is 52.9 Å². The lowest BCUT2D eigenvalue weighted by Gasteiger charge is -2.12. The van der Waals surface area contributed by atoms with Crippen LogP contribution in [0, 0.1) is 0 Å². The van der Waals surface area contributed by atoms with Crippen molar-refractivity contribution in [3.05, 3.63) is 63.6 Å². The second-order valence-electron chi connectivity index (χ2n) is 5.11. The first-order valence-electron chi connectivity index (χ1n) is 7.19. The third kappa shape index (κ3) is 4.69. The lowest BCUT2D eigenvalue weighted by Crippen LogP contribution is -2.12. The topological polar surface area (TPSA) is 106 Å². The number of ether oxygens (including phenoxy) is 1. The number of pyridine rings is 1. The molecule has 0 aliphatic heterocycles. The van der Waals surface area contributed by atoms with Gasteiger partial charge in [0.25, 0.3) is 10.0 Å². The van der Waals surface area contributed by atoms with Crippen LogP contribution in [0.25, 0.3) is 0 Å². The average Bonchev–Trinajstić information content (AvgIpc) is 3.05. The van der Waals surface area contributed by atoms with Gasteiger partial charge in [-0.1, -0.05) is 29.3 Å². The van der Waals surface area contributed by atoms with Crippen LogP contribution < -0.4 is 9.46 Å². The van der Waals surface area contributed by atoms with Gasteiger partial charge in [0.05, 0.1) is 14.9 Å². The minimum Gasteiger partial charge on any atom is -0.478 e. The number of hydrogen-bond acceptors (Lipinski definition) is 6. The van der Waals surface area contributed by atoms with Gasteiger partial charge in [0, 0.05) is 6.20 Å². The van der Waals surface area contributed by atoms with Gasteiger partial charge in [0.2, 0.25) is 5.88 Å². The Morgan fingerprint density at radius 1 is 1.19 bits per heavy atom. The second kappa shape index (κ2) is 7.73. The lowest BCUT2D eigenvalue weighted by molar-refractivity contribution is 0.0696. The first-order valence-corrected chi connectivity index (χ1v) is 10.2. The standard InChI is InChI=1S/C16H10Cl2N2O5S2/c17-10-7-12(20-27(23,24)14-5-4-13(18)26-14)15(19-8-10)25-11-3-1-2-9(6-11)16(21)22/h1-8,20H,(H,21,22). The highest BCUT2D eigenvalue weighted by atomic mass is 35.5. The van der Waals surface area contributed by atoms with E-state index in [9.17, 15) is 13.2 Å². The van der Waals surface area contributed by atoms with Gasteiger partial charge in [0.15, 0.2) is 0 Å². The molecule has 2 aromatic heterocycles. The van der Waals surface area contributed by atoms with Crippen molar-refractivity contribution in [2.45, 2.75) is 4.21 Å². The van der Waals surface area contributed by atoms with E-state index >= 15 is 0 Å². The number of carboxylic acid groups (broad SMARTS) is 1. The lowest BCUT2D eigenvalue weighted by atomic mass is 10.2. The number of hydrogen-bond donors (Lipinski definition) is 2. The fraction of sp³-hybridized carbons (Fsp3) is 0. The highest BCUT2D eigenvalue weighted by Gasteiger charge is 2.20. The normalized spacial score (nSPS) is 11.2. The fourth-order valence-electron chi connectivity index (χ4n) is 2.02. The van der Waals surface area contributed by atoms with Gasteiger partial charge in [-0.25, -0.2) is 18.2 Å². The molecule has 2 heterocycles. The molecule has 0 saturated carbocycles. The Hall–Kier alpha value is -2.33. The minimum atomic E-state index is -3.93. The molecule has 2 N–H and O–H groups in total. The van der Waals surface area contributed by atoms with Crippen LogP contribution in [0.5, 0.6) is 11.6 Å². The summed E-state index contributed by atoms with van der Waals surface area (Å²) < 4.78 is 33.3. The van der Waals surface area contributed by atoms with E-state index in [0.717, 1.165) is 11.3 Å². The SMILES string of the molecule is O=C(O)c1cccc(Oc2ncc(Cl)cc2NS(=O)(=O)c2ccc(Cl)s2)c1. The number of carboxylic acids is 1. The van der Waals surface area contributed by atoms with Crippen LogP contribution in [0.3, 0.4) is 0 Å². The molecule has 11 heteroatoms. The molecule has 0 spiro atoms. The summed E-state index contributed by atoms with van der Waals surface area (Å²) in [5, 5.41) is 9.24. The Bertz CT molecular complexity index is 1120. The zero-order valence-corrected chi connectivity index (χ0v) is 16.4. The van der Waals surface area contributed by atoms with E-state index in [2.05, 4.69) is 9.71 Å². The molecule has 0 aliphatic rings. The first-order chi connectivity index (χ1) is 12.7. The van der Waals surface area contributed by atoms with Gasteiger partial charge < -0.3 is 9.84 Å². The molecule has 0 atom stereocenters. The van der Waals surface area contributed by atoms with E-state index in [0.29, 0.717) is 4.34 Å². The molecule has 1 aromatic carbocycles. The van der Waals surface area contributed by atoms with Crippen LogP contribution in [-0.2, 0) is 10.0 Å². The molecule has 0 radical (unpaired) electrons. The van der Waals surface area contributed by atoms with Gasteiger partial charge >= 0.3 is 5.97 Å². The Labute approximate surface area is 168 Å². The molecular weight excluding hydrogens is 435 g/mol. The molecule has 0 aliphatic carbocycles. The quantitative estimate of drug-likeness (QED) is 0.568. The molecular formula is C16H10Cl2N2O5S2. The van der Waals surface area contributed by atoms with Crippen molar-refractivity contribution in [2.75, 3.05) is 4.72 Å². The van der Waals surface area contributed by atoms with Gasteiger partial charge in [-0.3, -0.25) is 4.72 Å². The Morgan fingerprint density at radius 3 is 2.63 bits per heavy atom. The monoisotopic (exact) mass is 444 g/mol. The number of rotatable bonds is 6. The van der Waals surface area contributed by atoms with Crippen molar-refractivity contribution in [3.8, 4) is 11.6 Å². The predicted octanol–water partition coefficient (Wildman–Crippen LogP) is 4.74. The number of carbonyl (C=O) groups is 1. The highest BCUT2D eigenvalue weighted by molar-refractivity contribution is 7.94. The van der Waals surface area contributed by atoms with E-state index < -0.39 is 16.0 Å². The molecule has 0 bridgehead atoms. The van der Waals surface area contributed by atoms with Crippen molar-refractivity contribution in [1.29, 1.82) is 0 Å². The summed E-state index contributed by atoms with van der Waals surface area (Å²) in [6.45, 7) is 0. The van der Waals surface area contributed by atoms with E-state index in [1.165, 1.54) is 48.7 Å². The summed E-state index contributed by atoms with van der Waals surface area (Å²) in [6, 6.07) is 9.85. The molecule has 7 nitrogen and oxygen atoms in total. The summed E-state index contributed by atoms with van der Waals surface area (Å²) in [4.78, 5) is 15.1. The number of anilines is 1. The van der Waals surface area contributed by atoms with Crippen LogP contribution in [-0.4, -0.2) is 24.5 Å². The third-order valence-corrected chi connectivity index (χ3v) is 6.47. The summed E-state index contributed by atoms with van der Waals surface area (Å²) in [7, 11) is -3.93. The van der Waals surface area contributed by atoms with Crippen LogP contribution in [0.1, 0.15) is 10.4 Å². The van der Waals surface area contributed by atoms with Gasteiger partial charge in [-0.2, -0.15) is 0 Å². The zero-order valence-electron chi connectivity index (χ0n) is 13.2. The van der Waals surface area contributed by atoms with Crippen LogP contribution >= 0.6 is 34.5 Å². The molecule has 0 amide bonds. The summed E-state index contributed by atoms with van der Waals surface area (Å²) in [6.07, 6.45) is 1.28. The van der Waals surface area contributed by atoms with Crippen LogP contribution in [0.4, 0.5) is 5.69 Å². The molecule has 0 saturated heterocycles. The number of nitrogens with zero attached hydrogens (tertiary/aromatic N) is 1. The van der Waals surface area contributed by atoms with E-state index in [-0.39, 0.29) is 32.1 Å². The van der Waals surface area contributed by atoms with Crippen molar-refractivity contribution < 1.29 is 23.1 Å². The van der Waals surface area contributed by atoms with Gasteiger partial charge in [0.1, 0.15) is 15.6 Å². The molecule has 3 aromatic rings. The predicted molar refractivity (Wildman–Crippen MR) is 103 cm³/mol. The second-order valence-corrected chi connectivity index (χ2v) is 9.17. The summed E-state index contributed by atoms with van der Waals surface area (Å²) in [5.74, 6) is -1.04. The third-order valence-electron chi connectivity index (χ3n) is 3.17. The minimum absolute atomic E-state index is 0.00583. The van der Waals surface area contributed by atoms with Crippen molar-refractivity contribution in [2.24, 2.45) is 0 Å². The highest BCUT2D eigenvalue weighted by Crippen LogP contribution is 2.33. The van der Waals surface area contributed by atoms with Crippen LogP contribution in [0.2, 0.25) is 9.36 Å². The van der Waals surface area contributed by atoms with Crippen molar-refractivity contribution in [3.63, 3.8) is 0 Å². The molecule has 0 fully saturated rings. The van der Waals surface area contributed by atoms with E-state index in [4.69, 9.17) is 33.0 Å². The van der Waals surface area contributed by atoms with Crippen molar-refractivity contribution in [1.82, 2.24) is 4.98 Å². The number of thiophene rings is 1. The number of aromatic carboxylic acids is 1. The zero-order chi connectivity index (χ0) is 19.6. The Kier molecular flexibility index (Phi) is 5.56. The largest absolute Gasteiger partial charge is 0.478 e. The maximum absolute atomic E-state index is 12.5. The van der Waals surface area contributed by atoms with Gasteiger partial charge in [-0.05, 0) is 36.4 Å². The first kappa shape index (κ1) is 19.4. The average molecular weight is 445 g/mol.